The number of carbonyl (C=O) groups excluding carboxylic acids is 1. The van der Waals surface area contributed by atoms with Gasteiger partial charge < -0.3 is 14.8 Å². The van der Waals surface area contributed by atoms with Crippen LogP contribution in [0.3, 0.4) is 0 Å². The molecular weight excluding hydrogens is 254 g/mol. The molecule has 0 unspecified atom stereocenters. The van der Waals surface area contributed by atoms with Crippen molar-refractivity contribution < 1.29 is 14.3 Å². The van der Waals surface area contributed by atoms with Gasteiger partial charge >= 0.3 is 0 Å². The van der Waals surface area contributed by atoms with Crippen molar-refractivity contribution in [2.75, 3.05) is 33.5 Å². The minimum absolute atomic E-state index is 0.0547. The highest BCUT2D eigenvalue weighted by atomic mass is 16.5. The minimum atomic E-state index is -0.0547. The number of methoxy groups -OCH3 is 1. The summed E-state index contributed by atoms with van der Waals surface area (Å²) in [6.45, 7) is 3.90. The normalized spacial score (nSPS) is 15.9. The van der Waals surface area contributed by atoms with Gasteiger partial charge in [-0.05, 0) is 30.9 Å². The summed E-state index contributed by atoms with van der Waals surface area (Å²) in [6, 6.07) is 8.42. The second kappa shape index (κ2) is 6.86. The molecule has 0 atom stereocenters. The van der Waals surface area contributed by atoms with Crippen molar-refractivity contribution in [3.8, 4) is 0 Å². The van der Waals surface area contributed by atoms with Crippen LogP contribution in [0.25, 0.3) is 0 Å². The number of nitrogens with one attached hydrogen (secondary N) is 1. The van der Waals surface area contributed by atoms with E-state index in [0.717, 1.165) is 12.8 Å². The van der Waals surface area contributed by atoms with Gasteiger partial charge in [0.15, 0.2) is 0 Å². The smallest absolute Gasteiger partial charge is 0.246 e. The van der Waals surface area contributed by atoms with E-state index in [4.69, 9.17) is 9.47 Å². The fourth-order valence-corrected chi connectivity index (χ4v) is 2.49. The number of hydrogen-bond acceptors (Lipinski definition) is 3. The third kappa shape index (κ3) is 3.81. The highest BCUT2D eigenvalue weighted by Gasteiger charge is 2.44. The monoisotopic (exact) mass is 277 g/mol. The molecule has 1 N–H and O–H groups in total. The van der Waals surface area contributed by atoms with Crippen LogP contribution in [-0.4, -0.2) is 39.4 Å². The first-order chi connectivity index (χ1) is 9.68. The summed E-state index contributed by atoms with van der Waals surface area (Å²) in [5.74, 6) is -0.0547. The summed E-state index contributed by atoms with van der Waals surface area (Å²) >= 11 is 0. The molecule has 1 aromatic carbocycles. The van der Waals surface area contributed by atoms with E-state index < -0.39 is 0 Å². The van der Waals surface area contributed by atoms with Gasteiger partial charge in [0.1, 0.15) is 6.61 Å². The molecule has 1 saturated carbocycles. The predicted molar refractivity (Wildman–Crippen MR) is 77.8 cm³/mol. The van der Waals surface area contributed by atoms with Gasteiger partial charge in [-0.25, -0.2) is 0 Å². The van der Waals surface area contributed by atoms with Gasteiger partial charge in [0.05, 0.1) is 13.2 Å². The van der Waals surface area contributed by atoms with Crippen LogP contribution in [0.2, 0.25) is 0 Å². The Hall–Kier alpha value is -1.39. The molecule has 1 aliphatic carbocycles. The maximum absolute atomic E-state index is 11.7. The topological polar surface area (TPSA) is 47.6 Å². The maximum Gasteiger partial charge on any atom is 0.246 e. The van der Waals surface area contributed by atoms with Crippen molar-refractivity contribution in [1.82, 2.24) is 5.32 Å². The van der Waals surface area contributed by atoms with Crippen LogP contribution in [0.5, 0.6) is 0 Å². The zero-order valence-corrected chi connectivity index (χ0v) is 12.3. The lowest BCUT2D eigenvalue weighted by molar-refractivity contribution is -0.126. The average molecular weight is 277 g/mol. The standard InChI is InChI=1S/C16H23NO3/c1-13-5-3-4-6-14(13)16(7-8-16)12-17-15(18)11-20-10-9-19-2/h3-6H,7-12H2,1-2H3,(H,17,18). The van der Waals surface area contributed by atoms with Crippen molar-refractivity contribution in [1.29, 1.82) is 0 Å². The molecule has 4 nitrogen and oxygen atoms in total. The maximum atomic E-state index is 11.7. The summed E-state index contributed by atoms with van der Waals surface area (Å²) in [6.07, 6.45) is 2.28. The van der Waals surface area contributed by atoms with Crippen LogP contribution in [-0.2, 0) is 19.7 Å². The Morgan fingerprint density at radius 2 is 2.05 bits per heavy atom. The fourth-order valence-electron chi connectivity index (χ4n) is 2.49. The van der Waals surface area contributed by atoms with E-state index in [1.54, 1.807) is 7.11 Å². The molecule has 1 aromatic rings. The van der Waals surface area contributed by atoms with Crippen molar-refractivity contribution in [3.05, 3.63) is 35.4 Å². The van der Waals surface area contributed by atoms with Crippen LogP contribution in [0, 0.1) is 6.92 Å². The molecule has 0 bridgehead atoms. The number of benzene rings is 1. The van der Waals surface area contributed by atoms with Crippen LogP contribution in [0.1, 0.15) is 24.0 Å². The third-order valence-electron chi connectivity index (χ3n) is 3.86. The van der Waals surface area contributed by atoms with Gasteiger partial charge in [-0.15, -0.1) is 0 Å². The highest BCUT2D eigenvalue weighted by Crippen LogP contribution is 2.48. The summed E-state index contributed by atoms with van der Waals surface area (Å²) in [5.41, 5.74) is 2.81. The largest absolute Gasteiger partial charge is 0.382 e. The number of carbonyl (C=O) groups is 1. The molecule has 1 fully saturated rings. The van der Waals surface area contributed by atoms with E-state index >= 15 is 0 Å². The van der Waals surface area contributed by atoms with E-state index in [0.29, 0.717) is 19.8 Å². The Balaban J connectivity index is 1.79. The van der Waals surface area contributed by atoms with Gasteiger partial charge in [-0.3, -0.25) is 4.79 Å². The average Bonchev–Trinajstić information content (AvgIpc) is 3.23. The van der Waals surface area contributed by atoms with Gasteiger partial charge in [-0.1, -0.05) is 24.3 Å². The Labute approximate surface area is 120 Å². The zero-order valence-electron chi connectivity index (χ0n) is 12.3. The van der Waals surface area contributed by atoms with E-state index in [1.165, 1.54) is 11.1 Å². The number of hydrogen-bond donors (Lipinski definition) is 1. The molecule has 0 aliphatic heterocycles. The molecule has 20 heavy (non-hydrogen) atoms. The number of aryl methyl sites for hydroxylation is 1. The van der Waals surface area contributed by atoms with E-state index in [9.17, 15) is 4.79 Å². The van der Waals surface area contributed by atoms with Crippen molar-refractivity contribution >= 4 is 5.91 Å². The van der Waals surface area contributed by atoms with Gasteiger partial charge in [0, 0.05) is 19.1 Å². The number of amides is 1. The number of rotatable bonds is 8. The van der Waals surface area contributed by atoms with Crippen LogP contribution in [0.4, 0.5) is 0 Å². The lowest BCUT2D eigenvalue weighted by Gasteiger charge is -2.19. The summed E-state index contributed by atoms with van der Waals surface area (Å²) in [4.78, 5) is 11.7. The lowest BCUT2D eigenvalue weighted by atomic mass is 9.92. The summed E-state index contributed by atoms with van der Waals surface area (Å²) in [7, 11) is 1.61. The molecule has 110 valence electrons. The predicted octanol–water partition coefficient (Wildman–Crippen LogP) is 1.81. The minimum Gasteiger partial charge on any atom is -0.382 e. The second-order valence-electron chi connectivity index (χ2n) is 5.42. The number of ether oxygens (including phenoxy) is 2. The van der Waals surface area contributed by atoms with Crippen LogP contribution >= 0.6 is 0 Å². The molecule has 0 spiro atoms. The molecule has 0 radical (unpaired) electrons. The van der Waals surface area contributed by atoms with E-state index in [2.05, 4.69) is 36.5 Å². The fraction of sp³-hybridized carbons (Fsp3) is 0.562. The molecular formula is C16H23NO3. The van der Waals surface area contributed by atoms with Gasteiger partial charge in [0.25, 0.3) is 0 Å². The van der Waals surface area contributed by atoms with E-state index in [1.807, 2.05) is 0 Å². The Morgan fingerprint density at radius 3 is 2.70 bits per heavy atom. The first kappa shape index (κ1) is 15.0. The molecule has 1 aliphatic rings. The Morgan fingerprint density at radius 1 is 1.30 bits per heavy atom. The highest BCUT2D eigenvalue weighted by molar-refractivity contribution is 5.77. The molecule has 1 amide bonds. The lowest BCUT2D eigenvalue weighted by Crippen LogP contribution is -2.35. The SMILES string of the molecule is COCCOCC(=O)NCC1(c2ccccc2C)CC1. The second-order valence-corrected chi connectivity index (χ2v) is 5.42. The van der Waals surface area contributed by atoms with Gasteiger partial charge in [0.2, 0.25) is 5.91 Å². The quantitative estimate of drug-likeness (QED) is 0.737. The first-order valence-electron chi connectivity index (χ1n) is 7.07. The summed E-state index contributed by atoms with van der Waals surface area (Å²) in [5, 5.41) is 2.98. The van der Waals surface area contributed by atoms with Crippen LogP contribution < -0.4 is 5.32 Å². The van der Waals surface area contributed by atoms with Crippen molar-refractivity contribution in [2.24, 2.45) is 0 Å². The van der Waals surface area contributed by atoms with Gasteiger partial charge in [-0.2, -0.15) is 0 Å². The van der Waals surface area contributed by atoms with Crippen LogP contribution in [0.15, 0.2) is 24.3 Å². The molecule has 0 aromatic heterocycles. The summed E-state index contributed by atoms with van der Waals surface area (Å²) < 4.78 is 10.1. The Kier molecular flexibility index (Phi) is 5.15. The van der Waals surface area contributed by atoms with E-state index in [-0.39, 0.29) is 17.9 Å². The Bertz CT molecular complexity index is 455. The zero-order chi connectivity index (χ0) is 14.4. The molecule has 0 heterocycles. The molecule has 4 heteroatoms. The molecule has 2 rings (SSSR count). The first-order valence-corrected chi connectivity index (χ1v) is 7.07. The van der Waals surface area contributed by atoms with Crippen molar-refractivity contribution in [2.45, 2.75) is 25.2 Å². The molecule has 0 saturated heterocycles. The third-order valence-corrected chi connectivity index (χ3v) is 3.86. The van der Waals surface area contributed by atoms with Crippen molar-refractivity contribution in [3.63, 3.8) is 0 Å².